The maximum Gasteiger partial charge on any atom is 0.115 e. The Morgan fingerprint density at radius 1 is 1.35 bits per heavy atom. The minimum absolute atomic E-state index is 0.142. The highest BCUT2D eigenvalue weighted by Gasteiger charge is 2.13. The van der Waals surface area contributed by atoms with Crippen molar-refractivity contribution in [3.8, 4) is 5.75 Å². The summed E-state index contributed by atoms with van der Waals surface area (Å²) in [6.07, 6.45) is 2.55. The number of phenols is 1. The lowest BCUT2D eigenvalue weighted by Crippen LogP contribution is -2.23. The van der Waals surface area contributed by atoms with Gasteiger partial charge in [-0.2, -0.15) is 15.4 Å². The van der Waals surface area contributed by atoms with Crippen LogP contribution in [-0.2, 0) is 6.42 Å². The molecule has 0 saturated carbocycles. The van der Waals surface area contributed by atoms with Gasteiger partial charge in [0, 0.05) is 0 Å². The molecule has 1 unspecified atom stereocenters. The zero-order chi connectivity index (χ0) is 12.1. The standard InChI is InChI=1S/C12H16N4O/c1-2-13-11(12-8-14-16-15-12)7-9-3-5-10(17)6-4-9/h3-6,8,11,13,17H,2,7H2,1H3,(H,14,15,16). The number of rotatable bonds is 5. The molecule has 1 aromatic heterocycles. The predicted octanol–water partition coefficient (Wildman–Crippen LogP) is 1.40. The lowest BCUT2D eigenvalue weighted by Gasteiger charge is -2.15. The van der Waals surface area contributed by atoms with E-state index in [1.807, 2.05) is 12.1 Å². The molecule has 2 aromatic rings. The molecular weight excluding hydrogens is 216 g/mol. The molecule has 2 rings (SSSR count). The lowest BCUT2D eigenvalue weighted by atomic mass is 10.0. The molecule has 0 spiro atoms. The third kappa shape index (κ3) is 3.04. The zero-order valence-corrected chi connectivity index (χ0v) is 9.72. The molecule has 3 N–H and O–H groups in total. The number of nitrogens with one attached hydrogen (secondary N) is 2. The fraction of sp³-hybridized carbons (Fsp3) is 0.333. The van der Waals surface area contributed by atoms with Crippen molar-refractivity contribution in [1.82, 2.24) is 20.7 Å². The number of aromatic nitrogens is 3. The summed E-state index contributed by atoms with van der Waals surface area (Å²) in [5.74, 6) is 0.287. The van der Waals surface area contributed by atoms with E-state index >= 15 is 0 Å². The van der Waals surface area contributed by atoms with Crippen LogP contribution in [0.3, 0.4) is 0 Å². The third-order valence-corrected chi connectivity index (χ3v) is 2.62. The molecule has 1 heterocycles. The van der Waals surface area contributed by atoms with Crippen molar-refractivity contribution in [3.63, 3.8) is 0 Å². The molecule has 0 aliphatic heterocycles. The van der Waals surface area contributed by atoms with Gasteiger partial charge in [0.1, 0.15) is 5.75 Å². The van der Waals surface area contributed by atoms with Gasteiger partial charge in [0.15, 0.2) is 0 Å². The summed E-state index contributed by atoms with van der Waals surface area (Å²) >= 11 is 0. The van der Waals surface area contributed by atoms with Crippen LogP contribution in [0.5, 0.6) is 5.75 Å². The van der Waals surface area contributed by atoms with Gasteiger partial charge in [0.05, 0.1) is 17.9 Å². The van der Waals surface area contributed by atoms with Crippen LogP contribution in [0.1, 0.15) is 24.2 Å². The van der Waals surface area contributed by atoms with Crippen LogP contribution in [-0.4, -0.2) is 27.1 Å². The molecule has 0 bridgehead atoms. The first-order valence-electron chi connectivity index (χ1n) is 5.66. The molecule has 0 amide bonds. The summed E-state index contributed by atoms with van der Waals surface area (Å²) in [4.78, 5) is 0. The highest BCUT2D eigenvalue weighted by molar-refractivity contribution is 5.27. The number of aromatic hydroxyl groups is 1. The number of hydrogen-bond acceptors (Lipinski definition) is 4. The molecule has 5 heteroatoms. The summed E-state index contributed by atoms with van der Waals surface area (Å²) in [7, 11) is 0. The van der Waals surface area contributed by atoms with Crippen LogP contribution >= 0.6 is 0 Å². The summed E-state index contributed by atoms with van der Waals surface area (Å²) in [6, 6.07) is 7.37. The molecule has 90 valence electrons. The van der Waals surface area contributed by atoms with Crippen molar-refractivity contribution in [3.05, 3.63) is 41.7 Å². The van der Waals surface area contributed by atoms with E-state index in [4.69, 9.17) is 0 Å². The first kappa shape index (κ1) is 11.6. The molecule has 5 nitrogen and oxygen atoms in total. The summed E-state index contributed by atoms with van der Waals surface area (Å²) in [5.41, 5.74) is 2.05. The zero-order valence-electron chi connectivity index (χ0n) is 9.72. The van der Waals surface area contributed by atoms with Crippen molar-refractivity contribution in [1.29, 1.82) is 0 Å². The molecule has 0 aliphatic carbocycles. The minimum atomic E-state index is 0.142. The van der Waals surface area contributed by atoms with Crippen molar-refractivity contribution in [2.45, 2.75) is 19.4 Å². The van der Waals surface area contributed by atoms with E-state index in [0.717, 1.165) is 24.2 Å². The Balaban J connectivity index is 2.10. The number of H-pyrrole nitrogens is 1. The topological polar surface area (TPSA) is 73.8 Å². The number of benzene rings is 1. The highest BCUT2D eigenvalue weighted by Crippen LogP contribution is 2.17. The maximum absolute atomic E-state index is 9.24. The Labute approximate surface area is 99.9 Å². The molecule has 0 fully saturated rings. The van der Waals surface area contributed by atoms with Gasteiger partial charge in [0.2, 0.25) is 0 Å². The van der Waals surface area contributed by atoms with Gasteiger partial charge in [-0.1, -0.05) is 19.1 Å². The van der Waals surface area contributed by atoms with Gasteiger partial charge in [-0.05, 0) is 30.7 Å². The van der Waals surface area contributed by atoms with Crippen molar-refractivity contribution < 1.29 is 5.11 Å². The van der Waals surface area contributed by atoms with E-state index < -0.39 is 0 Å². The van der Waals surface area contributed by atoms with Crippen LogP contribution in [0, 0.1) is 0 Å². The molecule has 17 heavy (non-hydrogen) atoms. The number of phenolic OH excluding ortho intramolecular Hbond substituents is 1. The Bertz CT molecular complexity index is 438. The molecule has 0 aliphatic rings. The fourth-order valence-corrected chi connectivity index (χ4v) is 1.77. The van der Waals surface area contributed by atoms with Gasteiger partial charge < -0.3 is 10.4 Å². The van der Waals surface area contributed by atoms with Crippen molar-refractivity contribution in [2.24, 2.45) is 0 Å². The first-order chi connectivity index (χ1) is 8.29. The normalized spacial score (nSPS) is 12.5. The number of likely N-dealkylation sites (N-methyl/N-ethyl adjacent to an activating group) is 1. The predicted molar refractivity (Wildman–Crippen MR) is 64.6 cm³/mol. The average molecular weight is 232 g/mol. The van der Waals surface area contributed by atoms with Crippen LogP contribution in [0.4, 0.5) is 0 Å². The van der Waals surface area contributed by atoms with Gasteiger partial charge in [-0.25, -0.2) is 0 Å². The van der Waals surface area contributed by atoms with E-state index in [0.29, 0.717) is 0 Å². The molecular formula is C12H16N4O. The molecule has 1 atom stereocenters. The number of nitrogens with zero attached hydrogens (tertiary/aromatic N) is 2. The second-order valence-corrected chi connectivity index (χ2v) is 3.88. The van der Waals surface area contributed by atoms with Crippen molar-refractivity contribution >= 4 is 0 Å². The molecule has 1 aromatic carbocycles. The van der Waals surface area contributed by atoms with E-state index in [1.54, 1.807) is 18.3 Å². The average Bonchev–Trinajstić information content (AvgIpc) is 2.85. The van der Waals surface area contributed by atoms with Crippen LogP contribution < -0.4 is 5.32 Å². The first-order valence-corrected chi connectivity index (χ1v) is 5.66. The van der Waals surface area contributed by atoms with E-state index in [1.165, 1.54) is 0 Å². The maximum atomic E-state index is 9.24. The highest BCUT2D eigenvalue weighted by atomic mass is 16.3. The minimum Gasteiger partial charge on any atom is -0.508 e. The van der Waals surface area contributed by atoms with Crippen LogP contribution in [0.25, 0.3) is 0 Å². The van der Waals surface area contributed by atoms with E-state index in [2.05, 4.69) is 27.7 Å². The third-order valence-electron chi connectivity index (χ3n) is 2.62. The second-order valence-electron chi connectivity index (χ2n) is 3.88. The number of hydrogen-bond donors (Lipinski definition) is 3. The van der Waals surface area contributed by atoms with Gasteiger partial charge in [-0.3, -0.25) is 0 Å². The SMILES string of the molecule is CCNC(Cc1ccc(O)cc1)c1cn[nH]n1. The fourth-order valence-electron chi connectivity index (χ4n) is 1.77. The Hall–Kier alpha value is -1.88. The summed E-state index contributed by atoms with van der Waals surface area (Å²) in [6.45, 7) is 2.93. The Kier molecular flexibility index (Phi) is 3.72. The number of aromatic amines is 1. The van der Waals surface area contributed by atoms with Crippen LogP contribution in [0.2, 0.25) is 0 Å². The smallest absolute Gasteiger partial charge is 0.115 e. The van der Waals surface area contributed by atoms with E-state index in [-0.39, 0.29) is 11.8 Å². The quantitative estimate of drug-likeness (QED) is 0.728. The van der Waals surface area contributed by atoms with Crippen LogP contribution in [0.15, 0.2) is 30.5 Å². The second kappa shape index (κ2) is 5.45. The molecule has 0 saturated heterocycles. The lowest BCUT2D eigenvalue weighted by molar-refractivity contribution is 0.474. The van der Waals surface area contributed by atoms with Gasteiger partial charge in [-0.15, -0.1) is 0 Å². The van der Waals surface area contributed by atoms with Gasteiger partial charge >= 0.3 is 0 Å². The summed E-state index contributed by atoms with van der Waals surface area (Å²) < 4.78 is 0. The summed E-state index contributed by atoms with van der Waals surface area (Å²) in [5, 5.41) is 23.1. The Morgan fingerprint density at radius 2 is 2.12 bits per heavy atom. The van der Waals surface area contributed by atoms with Crippen molar-refractivity contribution in [2.75, 3.05) is 6.54 Å². The largest absolute Gasteiger partial charge is 0.508 e. The van der Waals surface area contributed by atoms with Gasteiger partial charge in [0.25, 0.3) is 0 Å². The molecule has 0 radical (unpaired) electrons. The monoisotopic (exact) mass is 232 g/mol. The Morgan fingerprint density at radius 3 is 2.71 bits per heavy atom. The van der Waals surface area contributed by atoms with E-state index in [9.17, 15) is 5.11 Å².